The summed E-state index contributed by atoms with van der Waals surface area (Å²) in [6.07, 6.45) is 2.51. The van der Waals surface area contributed by atoms with Crippen LogP contribution >= 0.6 is 0 Å². The number of carbonyl (C=O) groups is 2. The second kappa shape index (κ2) is 6.16. The molecule has 0 spiro atoms. The SMILES string of the molecule is COC(CNC(=O)Cc1c[nH]c2ncccc12)C(=O)O. The van der Waals surface area contributed by atoms with Crippen LogP contribution in [0, 0.1) is 0 Å². The van der Waals surface area contributed by atoms with Gasteiger partial charge in [0.1, 0.15) is 5.65 Å². The van der Waals surface area contributed by atoms with Crippen LogP contribution < -0.4 is 5.32 Å². The summed E-state index contributed by atoms with van der Waals surface area (Å²) in [7, 11) is 1.29. The minimum Gasteiger partial charge on any atom is -0.479 e. The fourth-order valence-electron chi connectivity index (χ4n) is 1.87. The van der Waals surface area contributed by atoms with Gasteiger partial charge in [0.05, 0.1) is 13.0 Å². The number of H-pyrrole nitrogens is 1. The number of aromatic nitrogens is 2. The molecule has 7 nitrogen and oxygen atoms in total. The van der Waals surface area contributed by atoms with E-state index < -0.39 is 12.1 Å². The lowest BCUT2D eigenvalue weighted by Gasteiger charge is -2.11. The number of fused-ring (bicyclic) bond motifs is 1. The van der Waals surface area contributed by atoms with Gasteiger partial charge in [0.15, 0.2) is 6.10 Å². The van der Waals surface area contributed by atoms with Gasteiger partial charge in [-0.05, 0) is 17.7 Å². The van der Waals surface area contributed by atoms with E-state index in [0.717, 1.165) is 16.6 Å². The minimum absolute atomic E-state index is 0.0642. The Kier molecular flexibility index (Phi) is 4.31. The molecule has 3 N–H and O–H groups in total. The molecule has 2 aromatic rings. The summed E-state index contributed by atoms with van der Waals surface area (Å²) in [5.41, 5.74) is 1.53. The van der Waals surface area contributed by atoms with E-state index in [1.54, 1.807) is 18.5 Å². The third-order valence-corrected chi connectivity index (χ3v) is 2.93. The predicted molar refractivity (Wildman–Crippen MR) is 71.2 cm³/mol. The molecule has 1 amide bonds. The fraction of sp³-hybridized carbons (Fsp3) is 0.308. The van der Waals surface area contributed by atoms with Gasteiger partial charge < -0.3 is 20.1 Å². The van der Waals surface area contributed by atoms with Gasteiger partial charge in [-0.2, -0.15) is 0 Å². The second-order valence-electron chi connectivity index (χ2n) is 4.26. The summed E-state index contributed by atoms with van der Waals surface area (Å²) >= 11 is 0. The number of carboxylic acids is 1. The minimum atomic E-state index is -1.11. The molecular weight excluding hydrogens is 262 g/mol. The number of amides is 1. The van der Waals surface area contributed by atoms with Crippen LogP contribution in [-0.4, -0.2) is 46.7 Å². The van der Waals surface area contributed by atoms with Gasteiger partial charge in [-0.25, -0.2) is 9.78 Å². The third-order valence-electron chi connectivity index (χ3n) is 2.93. The number of carbonyl (C=O) groups excluding carboxylic acids is 1. The van der Waals surface area contributed by atoms with Crippen molar-refractivity contribution in [1.82, 2.24) is 15.3 Å². The van der Waals surface area contributed by atoms with Crippen LogP contribution in [0.4, 0.5) is 0 Å². The summed E-state index contributed by atoms with van der Waals surface area (Å²) in [6, 6.07) is 3.67. The quantitative estimate of drug-likeness (QED) is 0.705. The summed E-state index contributed by atoms with van der Waals surface area (Å²) in [6.45, 7) is -0.0642. The van der Waals surface area contributed by atoms with Crippen molar-refractivity contribution in [3.8, 4) is 0 Å². The van der Waals surface area contributed by atoms with Crippen LogP contribution in [0.1, 0.15) is 5.56 Å². The smallest absolute Gasteiger partial charge is 0.334 e. The van der Waals surface area contributed by atoms with Gasteiger partial charge in [0, 0.05) is 24.9 Å². The van der Waals surface area contributed by atoms with Crippen LogP contribution in [-0.2, 0) is 20.7 Å². The van der Waals surface area contributed by atoms with E-state index in [9.17, 15) is 9.59 Å². The zero-order chi connectivity index (χ0) is 14.5. The molecule has 2 rings (SSSR count). The summed E-state index contributed by atoms with van der Waals surface area (Å²) < 4.78 is 4.74. The lowest BCUT2D eigenvalue weighted by Crippen LogP contribution is -2.38. The van der Waals surface area contributed by atoms with Gasteiger partial charge in [-0.1, -0.05) is 0 Å². The number of hydrogen-bond donors (Lipinski definition) is 3. The first-order valence-corrected chi connectivity index (χ1v) is 6.05. The number of methoxy groups -OCH3 is 1. The fourth-order valence-corrected chi connectivity index (χ4v) is 1.87. The van der Waals surface area contributed by atoms with Gasteiger partial charge in [-0.3, -0.25) is 4.79 Å². The molecule has 1 unspecified atom stereocenters. The molecule has 7 heteroatoms. The Morgan fingerprint density at radius 1 is 1.55 bits per heavy atom. The van der Waals surface area contributed by atoms with E-state index >= 15 is 0 Å². The molecule has 2 heterocycles. The Labute approximate surface area is 115 Å². The van der Waals surface area contributed by atoms with Crippen LogP contribution in [0.5, 0.6) is 0 Å². The first-order valence-electron chi connectivity index (χ1n) is 6.05. The van der Waals surface area contributed by atoms with E-state index in [2.05, 4.69) is 15.3 Å². The predicted octanol–water partition coefficient (Wildman–Crippen LogP) is 0.321. The molecular formula is C13H15N3O4. The standard InChI is InChI=1S/C13H15N3O4/c1-20-10(13(18)19)7-15-11(17)5-8-6-16-12-9(8)3-2-4-14-12/h2-4,6,10H,5,7H2,1H3,(H,14,16)(H,15,17)(H,18,19). The third kappa shape index (κ3) is 3.12. The van der Waals surface area contributed by atoms with Gasteiger partial charge in [0.25, 0.3) is 0 Å². The van der Waals surface area contributed by atoms with Gasteiger partial charge in [0.2, 0.25) is 5.91 Å². The lowest BCUT2D eigenvalue weighted by atomic mass is 10.1. The molecule has 0 aliphatic heterocycles. The average Bonchev–Trinajstić information content (AvgIpc) is 2.82. The van der Waals surface area contributed by atoms with E-state index in [1.807, 2.05) is 6.07 Å². The molecule has 1 atom stereocenters. The van der Waals surface area contributed by atoms with Crippen LogP contribution in [0.15, 0.2) is 24.5 Å². The molecule has 0 aromatic carbocycles. The summed E-state index contributed by atoms with van der Waals surface area (Å²) in [4.78, 5) is 29.7. The van der Waals surface area contributed by atoms with Crippen molar-refractivity contribution < 1.29 is 19.4 Å². The number of carboxylic acid groups (broad SMARTS) is 1. The van der Waals surface area contributed by atoms with Crippen molar-refractivity contribution in [1.29, 1.82) is 0 Å². The molecule has 2 aromatic heterocycles. The van der Waals surface area contributed by atoms with E-state index in [1.165, 1.54) is 7.11 Å². The Bertz CT molecular complexity index is 623. The molecule has 0 saturated carbocycles. The first-order chi connectivity index (χ1) is 9.61. The average molecular weight is 277 g/mol. The highest BCUT2D eigenvalue weighted by Crippen LogP contribution is 2.15. The van der Waals surface area contributed by atoms with Crippen molar-refractivity contribution in [2.45, 2.75) is 12.5 Å². The first kappa shape index (κ1) is 14.0. The number of aromatic amines is 1. The maximum absolute atomic E-state index is 11.8. The van der Waals surface area contributed by atoms with Crippen LogP contribution in [0.25, 0.3) is 11.0 Å². The van der Waals surface area contributed by atoms with Crippen LogP contribution in [0.3, 0.4) is 0 Å². The molecule has 106 valence electrons. The maximum Gasteiger partial charge on any atom is 0.334 e. The second-order valence-corrected chi connectivity index (χ2v) is 4.26. The van der Waals surface area contributed by atoms with E-state index in [0.29, 0.717) is 0 Å². The Balaban J connectivity index is 1.96. The highest BCUT2D eigenvalue weighted by molar-refractivity contribution is 5.87. The Morgan fingerprint density at radius 3 is 3.05 bits per heavy atom. The van der Waals surface area contributed by atoms with Crippen molar-refractivity contribution in [3.63, 3.8) is 0 Å². The Hall–Kier alpha value is -2.41. The number of nitrogens with one attached hydrogen (secondary N) is 2. The maximum atomic E-state index is 11.8. The summed E-state index contributed by atoms with van der Waals surface area (Å²) in [5.74, 6) is -1.37. The van der Waals surface area contributed by atoms with Crippen molar-refractivity contribution >= 4 is 22.9 Å². The monoisotopic (exact) mass is 277 g/mol. The van der Waals surface area contributed by atoms with Crippen LogP contribution in [0.2, 0.25) is 0 Å². The molecule has 0 aliphatic carbocycles. The number of hydrogen-bond acceptors (Lipinski definition) is 4. The molecule has 0 fully saturated rings. The Morgan fingerprint density at radius 2 is 2.35 bits per heavy atom. The van der Waals surface area contributed by atoms with E-state index in [-0.39, 0.29) is 18.9 Å². The van der Waals surface area contributed by atoms with Crippen molar-refractivity contribution in [2.75, 3.05) is 13.7 Å². The topological polar surface area (TPSA) is 104 Å². The lowest BCUT2D eigenvalue weighted by molar-refractivity contribution is -0.148. The normalized spacial score (nSPS) is 12.2. The van der Waals surface area contributed by atoms with E-state index in [4.69, 9.17) is 9.84 Å². The van der Waals surface area contributed by atoms with Crippen molar-refractivity contribution in [3.05, 3.63) is 30.1 Å². The van der Waals surface area contributed by atoms with Crippen molar-refractivity contribution in [2.24, 2.45) is 0 Å². The summed E-state index contributed by atoms with van der Waals surface area (Å²) in [5, 5.41) is 12.2. The molecule has 0 bridgehead atoms. The number of aliphatic carboxylic acids is 1. The molecule has 0 radical (unpaired) electrons. The largest absolute Gasteiger partial charge is 0.479 e. The van der Waals surface area contributed by atoms with Gasteiger partial charge in [-0.15, -0.1) is 0 Å². The number of nitrogens with zero attached hydrogens (tertiary/aromatic N) is 1. The number of pyridine rings is 1. The van der Waals surface area contributed by atoms with Gasteiger partial charge >= 0.3 is 5.97 Å². The molecule has 0 saturated heterocycles. The number of ether oxygens (including phenoxy) is 1. The molecule has 20 heavy (non-hydrogen) atoms. The number of rotatable bonds is 6. The highest BCUT2D eigenvalue weighted by atomic mass is 16.5. The highest BCUT2D eigenvalue weighted by Gasteiger charge is 2.17. The zero-order valence-corrected chi connectivity index (χ0v) is 10.9. The zero-order valence-electron chi connectivity index (χ0n) is 10.9. The molecule has 0 aliphatic rings.